The molecule has 1 aromatic rings. The van der Waals surface area contributed by atoms with E-state index in [0.29, 0.717) is 24.6 Å². The number of nitro groups is 1. The number of rotatable bonds is 5. The monoisotopic (exact) mass is 432 g/mol. The Morgan fingerprint density at radius 1 is 1.25 bits per heavy atom. The molecule has 2 fully saturated rings. The van der Waals surface area contributed by atoms with Crippen LogP contribution in [0.2, 0.25) is 0 Å². The molecule has 156 valence electrons. The van der Waals surface area contributed by atoms with Gasteiger partial charge in [0.2, 0.25) is 15.9 Å². The number of carbonyl (C=O) groups is 1. The van der Waals surface area contributed by atoms with Crippen molar-refractivity contribution in [3.63, 3.8) is 0 Å². The van der Waals surface area contributed by atoms with Crippen molar-refractivity contribution in [2.24, 2.45) is 11.8 Å². The molecule has 0 saturated carbocycles. The van der Waals surface area contributed by atoms with Crippen molar-refractivity contribution in [3.8, 4) is 0 Å². The molecule has 0 radical (unpaired) electrons. The van der Waals surface area contributed by atoms with E-state index in [1.165, 1.54) is 16.4 Å². The van der Waals surface area contributed by atoms with Crippen LogP contribution in [0.5, 0.6) is 0 Å². The Hall–Kier alpha value is -1.75. The second-order valence-electron chi connectivity index (χ2n) is 7.14. The average Bonchev–Trinajstić information content (AvgIpc) is 2.59. The number of carbonyl (C=O) groups excluding carboxylic acids is 1. The second-order valence-corrected chi connectivity index (χ2v) is 9.05. The highest BCUT2D eigenvalue weighted by Crippen LogP contribution is 2.26. The lowest BCUT2D eigenvalue weighted by molar-refractivity contribution is -0.385. The van der Waals surface area contributed by atoms with Gasteiger partial charge < -0.3 is 10.2 Å². The van der Waals surface area contributed by atoms with Crippen LogP contribution in [-0.2, 0) is 14.8 Å². The van der Waals surface area contributed by atoms with E-state index < -0.39 is 14.9 Å². The molecular formula is C17H25ClN4O5S. The number of benzene rings is 1. The second kappa shape index (κ2) is 8.73. The number of nitrogens with zero attached hydrogens (tertiary/aromatic N) is 3. The number of nitrogens with one attached hydrogen (secondary N) is 1. The highest BCUT2D eigenvalue weighted by atomic mass is 35.5. The number of hydrogen-bond acceptors (Lipinski definition) is 6. The van der Waals surface area contributed by atoms with Gasteiger partial charge in [0.1, 0.15) is 0 Å². The third kappa shape index (κ3) is 4.29. The molecule has 0 spiro atoms. The normalized spacial score (nSPS) is 19.4. The Morgan fingerprint density at radius 2 is 1.86 bits per heavy atom. The molecular weight excluding hydrogens is 408 g/mol. The minimum Gasteiger partial charge on any atom is -0.340 e. The van der Waals surface area contributed by atoms with Gasteiger partial charge in [-0.3, -0.25) is 14.9 Å². The summed E-state index contributed by atoms with van der Waals surface area (Å²) in [7, 11) is -3.85. The van der Waals surface area contributed by atoms with Gasteiger partial charge >= 0.3 is 0 Å². The van der Waals surface area contributed by atoms with Gasteiger partial charge in [-0.25, -0.2) is 8.42 Å². The number of amides is 1. The summed E-state index contributed by atoms with van der Waals surface area (Å²) in [5.41, 5.74) is 0.209. The summed E-state index contributed by atoms with van der Waals surface area (Å²) in [6.07, 6.45) is 0. The van der Waals surface area contributed by atoms with Gasteiger partial charge in [0, 0.05) is 44.2 Å². The van der Waals surface area contributed by atoms with Gasteiger partial charge in [-0.15, -0.1) is 12.4 Å². The zero-order valence-electron chi connectivity index (χ0n) is 15.8. The van der Waals surface area contributed by atoms with Crippen LogP contribution in [0.3, 0.4) is 0 Å². The Kier molecular flexibility index (Phi) is 7.02. The predicted octanol–water partition coefficient (Wildman–Crippen LogP) is 1.01. The van der Waals surface area contributed by atoms with Crippen LogP contribution in [0.15, 0.2) is 23.1 Å². The number of halogens is 1. The molecule has 2 aliphatic rings. The maximum Gasteiger partial charge on any atom is 0.270 e. The van der Waals surface area contributed by atoms with E-state index in [1.54, 1.807) is 11.8 Å². The molecule has 2 aliphatic heterocycles. The fourth-order valence-electron chi connectivity index (χ4n) is 3.42. The van der Waals surface area contributed by atoms with Crippen molar-refractivity contribution >= 4 is 34.0 Å². The molecule has 28 heavy (non-hydrogen) atoms. The zero-order valence-corrected chi connectivity index (χ0v) is 17.5. The van der Waals surface area contributed by atoms with Crippen LogP contribution >= 0.6 is 12.4 Å². The van der Waals surface area contributed by atoms with Crippen molar-refractivity contribution in [1.29, 1.82) is 0 Å². The summed E-state index contributed by atoms with van der Waals surface area (Å²) in [6, 6.07) is 3.84. The van der Waals surface area contributed by atoms with Gasteiger partial charge in [0.25, 0.3) is 5.69 Å². The van der Waals surface area contributed by atoms with E-state index >= 15 is 0 Å². The number of non-ortho nitro benzene ring substituents is 1. The molecule has 1 aromatic carbocycles. The Morgan fingerprint density at radius 3 is 2.36 bits per heavy atom. The molecule has 0 aromatic heterocycles. The van der Waals surface area contributed by atoms with Crippen molar-refractivity contribution in [1.82, 2.24) is 14.5 Å². The number of aryl methyl sites for hydroxylation is 1. The summed E-state index contributed by atoms with van der Waals surface area (Å²) in [4.78, 5) is 24.6. The first kappa shape index (κ1) is 22.5. The summed E-state index contributed by atoms with van der Waals surface area (Å²) in [6.45, 7) is 6.25. The molecule has 1 unspecified atom stereocenters. The summed E-state index contributed by atoms with van der Waals surface area (Å²) in [5.74, 6) is 0.324. The van der Waals surface area contributed by atoms with Crippen LogP contribution in [0.4, 0.5) is 5.69 Å². The van der Waals surface area contributed by atoms with Gasteiger partial charge in [0.05, 0.1) is 9.82 Å². The third-order valence-corrected chi connectivity index (χ3v) is 7.50. The maximum atomic E-state index is 12.9. The Labute approximate surface area is 170 Å². The lowest BCUT2D eigenvalue weighted by atomic mass is 9.88. The number of sulfonamides is 1. The highest BCUT2D eigenvalue weighted by molar-refractivity contribution is 7.89. The summed E-state index contributed by atoms with van der Waals surface area (Å²) >= 11 is 0. The summed E-state index contributed by atoms with van der Waals surface area (Å²) in [5, 5.41) is 14.1. The zero-order chi connectivity index (χ0) is 19.8. The van der Waals surface area contributed by atoms with Crippen LogP contribution in [0.1, 0.15) is 12.5 Å². The van der Waals surface area contributed by atoms with E-state index in [9.17, 15) is 23.3 Å². The van der Waals surface area contributed by atoms with E-state index in [1.807, 2.05) is 6.92 Å². The number of nitro benzene ring substituents is 1. The third-order valence-electron chi connectivity index (χ3n) is 5.46. The summed E-state index contributed by atoms with van der Waals surface area (Å²) < 4.78 is 27.2. The molecule has 1 atom stereocenters. The topological polar surface area (TPSA) is 113 Å². The van der Waals surface area contributed by atoms with E-state index in [4.69, 9.17) is 0 Å². The first-order valence-corrected chi connectivity index (χ1v) is 10.4. The van der Waals surface area contributed by atoms with E-state index in [-0.39, 0.29) is 47.9 Å². The van der Waals surface area contributed by atoms with Gasteiger partial charge in [-0.05, 0) is 31.5 Å². The highest BCUT2D eigenvalue weighted by Gasteiger charge is 2.36. The smallest absolute Gasteiger partial charge is 0.270 e. The van der Waals surface area contributed by atoms with Crippen LogP contribution < -0.4 is 5.32 Å². The first-order chi connectivity index (χ1) is 12.7. The van der Waals surface area contributed by atoms with Crippen molar-refractivity contribution in [2.75, 3.05) is 39.3 Å². The molecule has 1 amide bonds. The molecule has 2 saturated heterocycles. The minimum absolute atomic E-state index is 0. The molecule has 0 bridgehead atoms. The molecule has 0 aliphatic carbocycles. The van der Waals surface area contributed by atoms with Crippen LogP contribution in [0, 0.1) is 28.9 Å². The molecule has 11 heteroatoms. The van der Waals surface area contributed by atoms with E-state index in [2.05, 4.69) is 5.32 Å². The first-order valence-electron chi connectivity index (χ1n) is 8.96. The lowest BCUT2D eigenvalue weighted by Gasteiger charge is -2.38. The van der Waals surface area contributed by atoms with Crippen molar-refractivity contribution in [2.45, 2.75) is 18.7 Å². The molecule has 9 nitrogen and oxygen atoms in total. The Balaban J connectivity index is 0.00000280. The SMILES string of the molecule is Cc1ccc([N+](=O)[O-])cc1S(=O)(=O)N1CCN(C(=O)C(C)C2CNC2)CC1.Cl. The number of hydrogen-bond donors (Lipinski definition) is 1. The molecule has 1 N–H and O–H groups in total. The largest absolute Gasteiger partial charge is 0.340 e. The fraction of sp³-hybridized carbons (Fsp3) is 0.588. The number of piperazine rings is 1. The molecule has 2 heterocycles. The predicted molar refractivity (Wildman–Crippen MR) is 106 cm³/mol. The van der Waals surface area contributed by atoms with Crippen LogP contribution in [0.25, 0.3) is 0 Å². The molecule has 3 rings (SSSR count). The standard InChI is InChI=1S/C17H24N4O5S.ClH/c1-12-3-4-15(21(23)24)9-16(12)27(25,26)20-7-5-19(6-8-20)17(22)13(2)14-10-18-11-14;/h3-4,9,13-14,18H,5-8,10-11H2,1-2H3;1H. The van der Waals surface area contributed by atoms with Crippen molar-refractivity contribution in [3.05, 3.63) is 33.9 Å². The average molecular weight is 433 g/mol. The lowest BCUT2D eigenvalue weighted by Crippen LogP contribution is -2.55. The Bertz CT molecular complexity index is 851. The van der Waals surface area contributed by atoms with Gasteiger partial charge in [-0.1, -0.05) is 13.0 Å². The van der Waals surface area contributed by atoms with Crippen molar-refractivity contribution < 1.29 is 18.1 Å². The maximum absolute atomic E-state index is 12.9. The van der Waals surface area contributed by atoms with Gasteiger partial charge in [0.15, 0.2) is 0 Å². The minimum atomic E-state index is -3.85. The van der Waals surface area contributed by atoms with Gasteiger partial charge in [-0.2, -0.15) is 4.31 Å². The van der Waals surface area contributed by atoms with Crippen LogP contribution in [-0.4, -0.2) is 67.7 Å². The quantitative estimate of drug-likeness (QED) is 0.548. The van der Waals surface area contributed by atoms with E-state index in [0.717, 1.165) is 19.2 Å². The fourth-order valence-corrected chi connectivity index (χ4v) is 5.09.